The van der Waals surface area contributed by atoms with E-state index < -0.39 is 0 Å². The monoisotopic (exact) mass is 194 g/mol. The van der Waals surface area contributed by atoms with Gasteiger partial charge in [0.1, 0.15) is 0 Å². The van der Waals surface area contributed by atoms with E-state index in [4.69, 9.17) is 0 Å². The molecule has 0 spiro atoms. The second-order valence-corrected chi connectivity index (χ2v) is 3.49. The average molecular weight is 194 g/mol. The number of amides is 2. The van der Waals surface area contributed by atoms with Crippen LogP contribution in [-0.2, 0) is 4.79 Å². The minimum Gasteiger partial charge on any atom is -0.362 e. The number of aromatic amines is 1. The summed E-state index contributed by atoms with van der Waals surface area (Å²) >= 11 is 0.913. The van der Waals surface area contributed by atoms with Crippen LogP contribution in [0, 0.1) is 0 Å². The molecule has 1 saturated heterocycles. The number of carbonyl (C=O) groups is 2. The molecule has 0 radical (unpaired) electrons. The summed E-state index contributed by atoms with van der Waals surface area (Å²) in [7, 11) is 0. The van der Waals surface area contributed by atoms with Gasteiger partial charge in [-0.1, -0.05) is 0 Å². The van der Waals surface area contributed by atoms with Gasteiger partial charge in [-0.3, -0.25) is 14.9 Å². The van der Waals surface area contributed by atoms with Crippen molar-refractivity contribution in [2.45, 2.75) is 0 Å². The number of H-pyrrole nitrogens is 1. The van der Waals surface area contributed by atoms with Gasteiger partial charge in [-0.2, -0.15) is 0 Å². The first-order valence-electron chi connectivity index (χ1n) is 3.64. The van der Waals surface area contributed by atoms with Crippen LogP contribution in [0.3, 0.4) is 0 Å². The number of hydrogen-bond donors (Lipinski definition) is 2. The van der Waals surface area contributed by atoms with E-state index in [-0.39, 0.29) is 11.1 Å². The summed E-state index contributed by atoms with van der Waals surface area (Å²) in [6.45, 7) is 0. The molecule has 66 valence electrons. The van der Waals surface area contributed by atoms with Crippen molar-refractivity contribution < 1.29 is 9.59 Å². The van der Waals surface area contributed by atoms with Gasteiger partial charge >= 0.3 is 0 Å². The second kappa shape index (κ2) is 3.10. The van der Waals surface area contributed by atoms with Crippen molar-refractivity contribution in [2.75, 3.05) is 0 Å². The van der Waals surface area contributed by atoms with Crippen molar-refractivity contribution in [3.8, 4) is 0 Å². The maximum Gasteiger partial charge on any atom is 0.290 e. The van der Waals surface area contributed by atoms with E-state index in [0.717, 1.165) is 17.5 Å². The predicted octanol–water partition coefficient (Wildman–Crippen LogP) is 1.34. The number of carbonyl (C=O) groups excluding carboxylic acids is 2. The highest BCUT2D eigenvalue weighted by molar-refractivity contribution is 8.18. The number of nitrogens with one attached hydrogen (secondary N) is 2. The molecule has 2 rings (SSSR count). The normalized spacial score (nSPS) is 19.5. The van der Waals surface area contributed by atoms with Gasteiger partial charge in [-0.05, 0) is 30.0 Å². The molecule has 0 bridgehead atoms. The zero-order chi connectivity index (χ0) is 9.26. The van der Waals surface area contributed by atoms with E-state index in [2.05, 4.69) is 10.3 Å². The van der Waals surface area contributed by atoms with E-state index in [1.54, 1.807) is 12.3 Å². The van der Waals surface area contributed by atoms with Gasteiger partial charge in [0, 0.05) is 11.9 Å². The van der Waals surface area contributed by atoms with E-state index in [1.165, 1.54) is 0 Å². The van der Waals surface area contributed by atoms with Crippen LogP contribution in [-0.4, -0.2) is 16.1 Å². The lowest BCUT2D eigenvalue weighted by Crippen LogP contribution is -2.17. The summed E-state index contributed by atoms with van der Waals surface area (Å²) in [4.78, 5) is 25.2. The van der Waals surface area contributed by atoms with E-state index in [0.29, 0.717) is 4.91 Å². The van der Waals surface area contributed by atoms with Gasteiger partial charge in [0.25, 0.3) is 11.1 Å². The molecule has 1 aliphatic heterocycles. The Hall–Kier alpha value is -1.49. The summed E-state index contributed by atoms with van der Waals surface area (Å²) in [5.74, 6) is -0.329. The van der Waals surface area contributed by atoms with Crippen molar-refractivity contribution in [1.29, 1.82) is 0 Å². The van der Waals surface area contributed by atoms with Crippen LogP contribution < -0.4 is 5.32 Å². The molecule has 13 heavy (non-hydrogen) atoms. The molecule has 1 aliphatic rings. The van der Waals surface area contributed by atoms with Gasteiger partial charge < -0.3 is 4.98 Å². The minimum atomic E-state index is -0.329. The number of imide groups is 1. The Morgan fingerprint density at radius 3 is 2.77 bits per heavy atom. The highest BCUT2D eigenvalue weighted by Crippen LogP contribution is 2.24. The maximum atomic E-state index is 11.1. The molecule has 0 atom stereocenters. The average Bonchev–Trinajstić information content (AvgIpc) is 2.63. The number of hydrogen-bond acceptors (Lipinski definition) is 3. The van der Waals surface area contributed by atoms with Crippen LogP contribution in [0.1, 0.15) is 5.69 Å². The molecule has 4 nitrogen and oxygen atoms in total. The standard InChI is InChI=1S/C8H6N2O2S/c11-7-6(13-8(12)10-7)4-5-2-1-3-9-5/h1-4,9H,(H,10,11,12)/b6-4+. The molecule has 0 aromatic carbocycles. The van der Waals surface area contributed by atoms with Crippen molar-refractivity contribution in [2.24, 2.45) is 0 Å². The predicted molar refractivity (Wildman–Crippen MR) is 49.9 cm³/mol. The second-order valence-electron chi connectivity index (χ2n) is 2.48. The van der Waals surface area contributed by atoms with Gasteiger partial charge in [0.15, 0.2) is 0 Å². The number of thioether (sulfide) groups is 1. The van der Waals surface area contributed by atoms with Gasteiger partial charge in [0.05, 0.1) is 4.91 Å². The van der Waals surface area contributed by atoms with E-state index >= 15 is 0 Å². The first-order valence-corrected chi connectivity index (χ1v) is 4.45. The summed E-state index contributed by atoms with van der Waals surface area (Å²) in [6.07, 6.45) is 3.40. The molecular formula is C8H6N2O2S. The van der Waals surface area contributed by atoms with Crippen LogP contribution in [0.5, 0.6) is 0 Å². The molecule has 1 aromatic heterocycles. The smallest absolute Gasteiger partial charge is 0.290 e. The Kier molecular flexibility index (Phi) is 1.94. The lowest BCUT2D eigenvalue weighted by atomic mass is 10.3. The highest BCUT2D eigenvalue weighted by Gasteiger charge is 2.24. The van der Waals surface area contributed by atoms with Crippen LogP contribution in [0.4, 0.5) is 4.79 Å². The maximum absolute atomic E-state index is 11.1. The Balaban J connectivity index is 2.27. The molecule has 2 heterocycles. The molecule has 2 amide bonds. The first-order chi connectivity index (χ1) is 6.25. The lowest BCUT2D eigenvalue weighted by molar-refractivity contribution is -0.115. The van der Waals surface area contributed by atoms with Crippen LogP contribution >= 0.6 is 11.8 Å². The van der Waals surface area contributed by atoms with Crippen LogP contribution in [0.2, 0.25) is 0 Å². The quantitative estimate of drug-likeness (QED) is 0.663. The largest absolute Gasteiger partial charge is 0.362 e. The molecule has 0 unspecified atom stereocenters. The van der Waals surface area contributed by atoms with Crippen LogP contribution in [0.25, 0.3) is 6.08 Å². The SMILES string of the molecule is O=C1NC(=O)/C(=C\c2ccc[nH]2)S1. The summed E-state index contributed by atoms with van der Waals surface area (Å²) in [5, 5.41) is 1.87. The van der Waals surface area contributed by atoms with E-state index in [9.17, 15) is 9.59 Å². The fourth-order valence-corrected chi connectivity index (χ4v) is 1.67. The Morgan fingerprint density at radius 1 is 1.38 bits per heavy atom. The number of rotatable bonds is 1. The van der Waals surface area contributed by atoms with Crippen molar-refractivity contribution >= 4 is 29.0 Å². The van der Waals surface area contributed by atoms with Crippen LogP contribution in [0.15, 0.2) is 23.2 Å². The minimum absolute atomic E-state index is 0.317. The zero-order valence-corrected chi connectivity index (χ0v) is 7.35. The third-order valence-corrected chi connectivity index (χ3v) is 2.36. The molecule has 2 N–H and O–H groups in total. The van der Waals surface area contributed by atoms with Crippen molar-refractivity contribution in [3.05, 3.63) is 28.9 Å². The summed E-state index contributed by atoms with van der Waals surface area (Å²) in [5.41, 5.74) is 0.812. The van der Waals surface area contributed by atoms with Gasteiger partial charge in [0.2, 0.25) is 0 Å². The lowest BCUT2D eigenvalue weighted by Gasteiger charge is -1.88. The van der Waals surface area contributed by atoms with Gasteiger partial charge in [-0.15, -0.1) is 0 Å². The summed E-state index contributed by atoms with van der Waals surface area (Å²) in [6, 6.07) is 3.65. The molecule has 0 saturated carbocycles. The Bertz CT molecular complexity index is 381. The van der Waals surface area contributed by atoms with E-state index in [1.807, 2.05) is 12.1 Å². The fraction of sp³-hybridized carbons (Fsp3) is 0. The molecular weight excluding hydrogens is 188 g/mol. The molecule has 1 aromatic rings. The topological polar surface area (TPSA) is 62.0 Å². The third kappa shape index (κ3) is 1.65. The Labute approximate surface area is 78.4 Å². The highest BCUT2D eigenvalue weighted by atomic mass is 32.2. The summed E-state index contributed by atoms with van der Waals surface area (Å²) < 4.78 is 0. The zero-order valence-electron chi connectivity index (χ0n) is 6.53. The van der Waals surface area contributed by atoms with Crippen molar-refractivity contribution in [1.82, 2.24) is 10.3 Å². The first kappa shape index (κ1) is 8.12. The molecule has 5 heteroatoms. The fourth-order valence-electron chi connectivity index (χ4n) is 0.996. The van der Waals surface area contributed by atoms with Gasteiger partial charge in [-0.25, -0.2) is 0 Å². The molecule has 0 aliphatic carbocycles. The third-order valence-electron chi connectivity index (χ3n) is 1.55. The van der Waals surface area contributed by atoms with Crippen molar-refractivity contribution in [3.63, 3.8) is 0 Å². The Morgan fingerprint density at radius 2 is 2.23 bits per heavy atom. The number of aromatic nitrogens is 1. The molecule has 1 fully saturated rings.